The van der Waals surface area contributed by atoms with Crippen LogP contribution in [0.25, 0.3) is 22.3 Å². The van der Waals surface area contributed by atoms with E-state index in [1.807, 2.05) is 41.1 Å². The Bertz CT molecular complexity index is 1320. The smallest absolute Gasteiger partial charge is 0.480 e. The number of amides is 1. The van der Waals surface area contributed by atoms with Gasteiger partial charge in [0.25, 0.3) is 5.91 Å². The molecular weight excluding hydrogens is 491 g/mol. The molecule has 5 nitrogen and oxygen atoms in total. The summed E-state index contributed by atoms with van der Waals surface area (Å²) >= 11 is 1.59. The van der Waals surface area contributed by atoms with Gasteiger partial charge in [0.1, 0.15) is 11.8 Å². The number of nitrogens with one attached hydrogen (secondary N) is 1. The topological polar surface area (TPSA) is 75.6 Å². The minimum Gasteiger partial charge on any atom is -0.480 e. The molecule has 3 aromatic carbocycles. The standard InChI is InChI=1S/C27H20F3NO4S/c28-27(29,30)35-23-11-9-19(10-12-23)18-5-7-21(8-6-18)25(32)31-24(26(33)34)15-17-1-3-20(4-2-17)22-13-14-36-16-22/h1-14,16,24H,15H2,(H,31,32)(H,33,34). The zero-order valence-electron chi connectivity index (χ0n) is 18.7. The van der Waals surface area contributed by atoms with Crippen molar-refractivity contribution in [2.45, 2.75) is 18.8 Å². The summed E-state index contributed by atoms with van der Waals surface area (Å²) in [5.41, 5.74) is 4.45. The maximum Gasteiger partial charge on any atom is 0.573 e. The molecule has 36 heavy (non-hydrogen) atoms. The Labute approximate surface area is 208 Å². The Balaban J connectivity index is 1.40. The van der Waals surface area contributed by atoms with Crippen molar-refractivity contribution in [2.75, 3.05) is 0 Å². The Morgan fingerprint density at radius 1 is 0.833 bits per heavy atom. The molecule has 0 spiro atoms. The maximum absolute atomic E-state index is 12.7. The van der Waals surface area contributed by atoms with Crippen LogP contribution in [0.15, 0.2) is 89.6 Å². The number of benzene rings is 3. The van der Waals surface area contributed by atoms with E-state index in [0.29, 0.717) is 11.1 Å². The number of alkyl halides is 3. The van der Waals surface area contributed by atoms with Crippen LogP contribution in [0, 0.1) is 0 Å². The van der Waals surface area contributed by atoms with Crippen molar-refractivity contribution in [3.05, 3.63) is 101 Å². The third-order valence-electron chi connectivity index (χ3n) is 5.42. The van der Waals surface area contributed by atoms with E-state index in [2.05, 4.69) is 10.1 Å². The SMILES string of the molecule is O=C(NC(Cc1ccc(-c2ccsc2)cc1)C(=O)O)c1ccc(-c2ccc(OC(F)(F)F)cc2)cc1. The van der Waals surface area contributed by atoms with Gasteiger partial charge in [-0.15, -0.1) is 13.2 Å². The molecule has 9 heteroatoms. The average Bonchev–Trinajstić information content (AvgIpc) is 3.39. The van der Waals surface area contributed by atoms with E-state index < -0.39 is 24.3 Å². The van der Waals surface area contributed by atoms with Crippen molar-refractivity contribution >= 4 is 23.2 Å². The van der Waals surface area contributed by atoms with Crippen LogP contribution in [0.3, 0.4) is 0 Å². The van der Waals surface area contributed by atoms with Crippen LogP contribution in [0.1, 0.15) is 15.9 Å². The van der Waals surface area contributed by atoms with Gasteiger partial charge in [-0.3, -0.25) is 4.79 Å². The lowest BCUT2D eigenvalue weighted by atomic mass is 10.0. The van der Waals surface area contributed by atoms with E-state index in [1.54, 1.807) is 23.5 Å². The third kappa shape index (κ3) is 6.51. The maximum atomic E-state index is 12.7. The highest BCUT2D eigenvalue weighted by molar-refractivity contribution is 7.08. The fraction of sp³-hybridized carbons (Fsp3) is 0.111. The molecule has 0 fully saturated rings. The number of carboxylic acid groups (broad SMARTS) is 1. The van der Waals surface area contributed by atoms with Gasteiger partial charge in [-0.05, 0) is 68.9 Å². The Morgan fingerprint density at radius 2 is 1.39 bits per heavy atom. The van der Waals surface area contributed by atoms with E-state index in [1.165, 1.54) is 36.4 Å². The van der Waals surface area contributed by atoms with E-state index in [0.717, 1.165) is 16.7 Å². The molecule has 0 bridgehead atoms. The summed E-state index contributed by atoms with van der Waals surface area (Å²) in [5.74, 6) is -2.02. The van der Waals surface area contributed by atoms with Gasteiger partial charge in [0.15, 0.2) is 0 Å². The molecule has 0 aliphatic rings. The van der Waals surface area contributed by atoms with E-state index in [-0.39, 0.29) is 17.7 Å². The summed E-state index contributed by atoms with van der Waals surface area (Å²) in [5, 5.41) is 16.2. The molecule has 1 atom stereocenters. The number of thiophene rings is 1. The van der Waals surface area contributed by atoms with Crippen LogP contribution in [0.2, 0.25) is 0 Å². The Morgan fingerprint density at radius 3 is 1.92 bits per heavy atom. The first-order valence-corrected chi connectivity index (χ1v) is 11.7. The van der Waals surface area contributed by atoms with Gasteiger partial charge in [0.2, 0.25) is 0 Å². The van der Waals surface area contributed by atoms with Crippen LogP contribution in [0.4, 0.5) is 13.2 Å². The quantitative estimate of drug-likeness (QED) is 0.287. The fourth-order valence-electron chi connectivity index (χ4n) is 3.60. The molecule has 0 saturated heterocycles. The van der Waals surface area contributed by atoms with Crippen molar-refractivity contribution in [1.29, 1.82) is 0 Å². The second kappa shape index (κ2) is 10.7. The van der Waals surface area contributed by atoms with E-state index in [4.69, 9.17) is 0 Å². The summed E-state index contributed by atoms with van der Waals surface area (Å²) in [6.07, 6.45) is -4.65. The predicted octanol–water partition coefficient (Wildman–Crippen LogP) is 6.41. The number of aliphatic carboxylic acids is 1. The molecule has 2 N–H and O–H groups in total. The number of carbonyl (C=O) groups excluding carboxylic acids is 1. The molecule has 184 valence electrons. The summed E-state index contributed by atoms with van der Waals surface area (Å²) < 4.78 is 40.8. The number of hydrogen-bond donors (Lipinski definition) is 2. The fourth-order valence-corrected chi connectivity index (χ4v) is 4.27. The second-order valence-corrected chi connectivity index (χ2v) is 8.71. The first kappa shape index (κ1) is 25.0. The summed E-state index contributed by atoms with van der Waals surface area (Å²) in [4.78, 5) is 24.5. The van der Waals surface area contributed by atoms with Crippen molar-refractivity contribution in [3.8, 4) is 28.0 Å². The van der Waals surface area contributed by atoms with Gasteiger partial charge >= 0.3 is 12.3 Å². The second-order valence-electron chi connectivity index (χ2n) is 7.93. The molecule has 4 aromatic rings. The number of carboxylic acids is 1. The molecule has 1 aromatic heterocycles. The number of carbonyl (C=O) groups is 2. The molecular formula is C27H20F3NO4S. The summed E-state index contributed by atoms with van der Waals surface area (Å²) in [6, 6.07) is 20.1. The predicted molar refractivity (Wildman–Crippen MR) is 131 cm³/mol. The van der Waals surface area contributed by atoms with Gasteiger partial charge in [0, 0.05) is 12.0 Å². The van der Waals surface area contributed by atoms with E-state index >= 15 is 0 Å². The van der Waals surface area contributed by atoms with Crippen molar-refractivity contribution in [1.82, 2.24) is 5.32 Å². The molecule has 1 unspecified atom stereocenters. The molecule has 0 radical (unpaired) electrons. The normalized spacial score (nSPS) is 12.1. The summed E-state index contributed by atoms with van der Waals surface area (Å²) in [6.45, 7) is 0. The highest BCUT2D eigenvalue weighted by Crippen LogP contribution is 2.27. The zero-order chi connectivity index (χ0) is 25.7. The molecule has 1 amide bonds. The van der Waals surface area contributed by atoms with Crippen LogP contribution in [0.5, 0.6) is 5.75 Å². The monoisotopic (exact) mass is 511 g/mol. The minimum atomic E-state index is -4.77. The van der Waals surface area contributed by atoms with Gasteiger partial charge in [-0.2, -0.15) is 11.3 Å². The lowest BCUT2D eigenvalue weighted by molar-refractivity contribution is -0.274. The molecule has 1 heterocycles. The number of ether oxygens (including phenoxy) is 1. The number of hydrogen-bond acceptors (Lipinski definition) is 4. The number of rotatable bonds is 8. The Kier molecular flexibility index (Phi) is 7.40. The zero-order valence-corrected chi connectivity index (χ0v) is 19.5. The minimum absolute atomic E-state index is 0.120. The van der Waals surface area contributed by atoms with Crippen LogP contribution < -0.4 is 10.1 Å². The first-order valence-electron chi connectivity index (χ1n) is 10.8. The van der Waals surface area contributed by atoms with Gasteiger partial charge in [-0.1, -0.05) is 48.5 Å². The Hall–Kier alpha value is -4.11. The molecule has 0 aliphatic carbocycles. The van der Waals surface area contributed by atoms with Crippen molar-refractivity contribution in [2.24, 2.45) is 0 Å². The van der Waals surface area contributed by atoms with Crippen LogP contribution >= 0.6 is 11.3 Å². The molecule has 4 rings (SSSR count). The van der Waals surface area contributed by atoms with Crippen molar-refractivity contribution < 1.29 is 32.6 Å². The van der Waals surface area contributed by atoms with Crippen molar-refractivity contribution in [3.63, 3.8) is 0 Å². The highest BCUT2D eigenvalue weighted by Gasteiger charge is 2.31. The lowest BCUT2D eigenvalue weighted by Crippen LogP contribution is -2.42. The largest absolute Gasteiger partial charge is 0.573 e. The van der Waals surface area contributed by atoms with Crippen LogP contribution in [-0.4, -0.2) is 29.4 Å². The van der Waals surface area contributed by atoms with Gasteiger partial charge in [-0.25, -0.2) is 4.79 Å². The highest BCUT2D eigenvalue weighted by atomic mass is 32.1. The van der Waals surface area contributed by atoms with Gasteiger partial charge < -0.3 is 15.2 Å². The average molecular weight is 512 g/mol. The molecule has 0 saturated carbocycles. The van der Waals surface area contributed by atoms with E-state index in [9.17, 15) is 27.9 Å². The van der Waals surface area contributed by atoms with Gasteiger partial charge in [0.05, 0.1) is 0 Å². The number of halogens is 3. The third-order valence-corrected chi connectivity index (χ3v) is 6.10. The summed E-state index contributed by atoms with van der Waals surface area (Å²) in [7, 11) is 0. The molecule has 0 aliphatic heterocycles. The lowest BCUT2D eigenvalue weighted by Gasteiger charge is -2.15. The first-order chi connectivity index (χ1) is 17.2. The van der Waals surface area contributed by atoms with Crippen LogP contribution in [-0.2, 0) is 11.2 Å².